The van der Waals surface area contributed by atoms with Crippen molar-refractivity contribution in [2.75, 3.05) is 0 Å². The van der Waals surface area contributed by atoms with E-state index in [0.717, 1.165) is 6.07 Å². The van der Waals surface area contributed by atoms with Gasteiger partial charge in [0.1, 0.15) is 0 Å². The highest BCUT2D eigenvalue weighted by Gasteiger charge is 2.45. The number of hydrogen-bond acceptors (Lipinski definition) is 3. The summed E-state index contributed by atoms with van der Waals surface area (Å²) in [5, 5.41) is 27.6. The van der Waals surface area contributed by atoms with E-state index in [1.807, 2.05) is 0 Å². The molecule has 0 saturated heterocycles. The summed E-state index contributed by atoms with van der Waals surface area (Å²) in [5.74, 6) is -4.73. The molecule has 0 radical (unpaired) electrons. The summed E-state index contributed by atoms with van der Waals surface area (Å²) in [6.45, 7) is 0. The number of aromatic hydroxyl groups is 2. The highest BCUT2D eigenvalue weighted by molar-refractivity contribution is 5.46. The first kappa shape index (κ1) is 9.21. The lowest BCUT2D eigenvalue weighted by atomic mass is 10.1. The van der Waals surface area contributed by atoms with Crippen molar-refractivity contribution in [3.8, 4) is 11.5 Å². The summed E-state index contributed by atoms with van der Waals surface area (Å²) in [4.78, 5) is 0. The van der Waals surface area contributed by atoms with Gasteiger partial charge in [0.25, 0.3) is 0 Å². The van der Waals surface area contributed by atoms with Gasteiger partial charge in [0.05, 0.1) is 5.60 Å². The number of benzene rings is 1. The predicted octanol–water partition coefficient (Wildman–Crippen LogP) is 1.36. The fourth-order valence-electron chi connectivity index (χ4n) is 1.34. The van der Waals surface area contributed by atoms with Crippen molar-refractivity contribution in [2.24, 2.45) is 0 Å². The highest BCUT2D eigenvalue weighted by atomic mass is 19.1. The number of halogens is 2. The lowest BCUT2D eigenvalue weighted by Crippen LogP contribution is -2.06. The van der Waals surface area contributed by atoms with Gasteiger partial charge in [-0.2, -0.15) is 4.39 Å². The van der Waals surface area contributed by atoms with Gasteiger partial charge in [-0.25, -0.2) is 4.39 Å². The van der Waals surface area contributed by atoms with E-state index < -0.39 is 28.7 Å². The van der Waals surface area contributed by atoms with Crippen LogP contribution in [-0.4, -0.2) is 15.3 Å². The first-order valence-corrected chi connectivity index (χ1v) is 4.08. The molecular formula is C9H8F2O3. The summed E-state index contributed by atoms with van der Waals surface area (Å²) in [5.41, 5.74) is -1.54. The van der Waals surface area contributed by atoms with Crippen LogP contribution in [0.15, 0.2) is 6.07 Å². The van der Waals surface area contributed by atoms with E-state index in [2.05, 4.69) is 0 Å². The largest absolute Gasteiger partial charge is 0.504 e. The van der Waals surface area contributed by atoms with Gasteiger partial charge >= 0.3 is 0 Å². The first-order chi connectivity index (χ1) is 6.46. The Morgan fingerprint density at radius 1 is 1.14 bits per heavy atom. The van der Waals surface area contributed by atoms with E-state index in [1.54, 1.807) is 0 Å². The van der Waals surface area contributed by atoms with Crippen molar-refractivity contribution < 1.29 is 24.1 Å². The van der Waals surface area contributed by atoms with Crippen LogP contribution in [0.25, 0.3) is 0 Å². The molecule has 0 amide bonds. The molecule has 0 aliphatic heterocycles. The maximum atomic E-state index is 13.0. The summed E-state index contributed by atoms with van der Waals surface area (Å²) in [6, 6.07) is 0.751. The fourth-order valence-corrected chi connectivity index (χ4v) is 1.34. The van der Waals surface area contributed by atoms with E-state index in [9.17, 15) is 19.0 Å². The van der Waals surface area contributed by atoms with Crippen LogP contribution in [-0.2, 0) is 5.60 Å². The second kappa shape index (κ2) is 2.57. The minimum Gasteiger partial charge on any atom is -0.504 e. The molecule has 14 heavy (non-hydrogen) atoms. The van der Waals surface area contributed by atoms with Gasteiger partial charge in [0.2, 0.25) is 5.82 Å². The van der Waals surface area contributed by atoms with E-state index in [0.29, 0.717) is 12.8 Å². The molecule has 1 aliphatic rings. The third-order valence-corrected chi connectivity index (χ3v) is 2.39. The molecule has 3 N–H and O–H groups in total. The van der Waals surface area contributed by atoms with E-state index in [4.69, 9.17) is 5.11 Å². The van der Waals surface area contributed by atoms with Crippen LogP contribution >= 0.6 is 0 Å². The fraction of sp³-hybridized carbons (Fsp3) is 0.333. The maximum Gasteiger partial charge on any atom is 0.209 e. The Balaban J connectivity index is 2.62. The van der Waals surface area contributed by atoms with E-state index in [-0.39, 0.29) is 5.56 Å². The molecule has 0 heterocycles. The third kappa shape index (κ3) is 1.13. The number of aliphatic hydroxyl groups is 1. The Labute approximate surface area is 78.2 Å². The molecule has 1 fully saturated rings. The molecule has 76 valence electrons. The van der Waals surface area contributed by atoms with Crippen molar-refractivity contribution in [1.82, 2.24) is 0 Å². The van der Waals surface area contributed by atoms with Gasteiger partial charge in [0.15, 0.2) is 17.3 Å². The lowest BCUT2D eigenvalue weighted by molar-refractivity contribution is 0.146. The minimum atomic E-state index is -1.43. The average molecular weight is 202 g/mol. The summed E-state index contributed by atoms with van der Waals surface area (Å²) < 4.78 is 25.8. The van der Waals surface area contributed by atoms with Crippen LogP contribution in [0.2, 0.25) is 0 Å². The molecule has 0 aromatic heterocycles. The SMILES string of the molecule is Oc1c(F)cc(C2(O)CC2)c(O)c1F. The first-order valence-electron chi connectivity index (χ1n) is 4.08. The predicted molar refractivity (Wildman–Crippen MR) is 42.8 cm³/mol. The van der Waals surface area contributed by atoms with E-state index >= 15 is 0 Å². The zero-order valence-corrected chi connectivity index (χ0v) is 7.09. The van der Waals surface area contributed by atoms with E-state index in [1.165, 1.54) is 0 Å². The van der Waals surface area contributed by atoms with Gasteiger partial charge in [-0.15, -0.1) is 0 Å². The van der Waals surface area contributed by atoms with Gasteiger partial charge < -0.3 is 15.3 Å². The number of phenolic OH excluding ortho intramolecular Hbond substituents is 2. The molecule has 3 nitrogen and oxygen atoms in total. The maximum absolute atomic E-state index is 13.0. The van der Waals surface area contributed by atoms with Crippen molar-refractivity contribution >= 4 is 0 Å². The van der Waals surface area contributed by atoms with Crippen molar-refractivity contribution in [2.45, 2.75) is 18.4 Å². The molecule has 1 aromatic rings. The molecule has 1 saturated carbocycles. The lowest BCUT2D eigenvalue weighted by Gasteiger charge is -2.11. The second-order valence-corrected chi connectivity index (χ2v) is 3.45. The topological polar surface area (TPSA) is 60.7 Å². The molecule has 5 heteroatoms. The molecule has 0 atom stereocenters. The third-order valence-electron chi connectivity index (χ3n) is 2.39. The number of rotatable bonds is 1. The Morgan fingerprint density at radius 2 is 1.71 bits per heavy atom. The van der Waals surface area contributed by atoms with Crippen molar-refractivity contribution in [3.63, 3.8) is 0 Å². The molecular weight excluding hydrogens is 194 g/mol. The van der Waals surface area contributed by atoms with Crippen LogP contribution in [0, 0.1) is 11.6 Å². The zero-order valence-electron chi connectivity index (χ0n) is 7.09. The van der Waals surface area contributed by atoms with Gasteiger partial charge in [-0.1, -0.05) is 0 Å². The standard InChI is InChI=1S/C9H8F2O3/c10-5-3-4(9(14)1-2-9)7(12)6(11)8(5)13/h3,12-14H,1-2H2. The van der Waals surface area contributed by atoms with Crippen LogP contribution in [0.3, 0.4) is 0 Å². The van der Waals surface area contributed by atoms with Crippen LogP contribution in [0.4, 0.5) is 8.78 Å². The van der Waals surface area contributed by atoms with Crippen molar-refractivity contribution in [1.29, 1.82) is 0 Å². The molecule has 0 bridgehead atoms. The second-order valence-electron chi connectivity index (χ2n) is 3.45. The monoisotopic (exact) mass is 202 g/mol. The van der Waals surface area contributed by atoms with Gasteiger partial charge in [-0.3, -0.25) is 0 Å². The highest BCUT2D eigenvalue weighted by Crippen LogP contribution is 2.50. The Morgan fingerprint density at radius 3 is 2.21 bits per heavy atom. The molecule has 0 unspecified atom stereocenters. The van der Waals surface area contributed by atoms with Crippen LogP contribution in [0.1, 0.15) is 18.4 Å². The van der Waals surface area contributed by atoms with Crippen LogP contribution < -0.4 is 0 Å². The molecule has 1 aromatic carbocycles. The summed E-state index contributed by atoms with van der Waals surface area (Å²) in [6.07, 6.45) is 0.703. The molecule has 0 spiro atoms. The normalized spacial score (nSPS) is 18.2. The number of hydrogen-bond donors (Lipinski definition) is 3. The van der Waals surface area contributed by atoms with Gasteiger partial charge in [0, 0.05) is 5.56 Å². The smallest absolute Gasteiger partial charge is 0.209 e. The Hall–Kier alpha value is -1.36. The zero-order chi connectivity index (χ0) is 10.5. The number of phenols is 2. The van der Waals surface area contributed by atoms with Gasteiger partial charge in [-0.05, 0) is 18.9 Å². The molecule has 1 aliphatic carbocycles. The quantitative estimate of drug-likeness (QED) is 0.644. The van der Waals surface area contributed by atoms with Crippen LogP contribution in [0.5, 0.6) is 11.5 Å². The Bertz CT molecular complexity index is 400. The Kier molecular flexibility index (Phi) is 1.69. The minimum absolute atomic E-state index is 0.203. The summed E-state index contributed by atoms with van der Waals surface area (Å²) >= 11 is 0. The van der Waals surface area contributed by atoms with Crippen molar-refractivity contribution in [3.05, 3.63) is 23.3 Å². The summed E-state index contributed by atoms with van der Waals surface area (Å²) in [7, 11) is 0. The molecule has 2 rings (SSSR count). The average Bonchev–Trinajstić information content (AvgIpc) is 2.87.